The summed E-state index contributed by atoms with van der Waals surface area (Å²) in [5.74, 6) is 0.601. The number of unbranched alkanes of at least 4 members (excludes halogenated alkanes) is 8. The maximum absolute atomic E-state index is 11.4. The lowest BCUT2D eigenvalue weighted by molar-refractivity contribution is -0.144. The number of carbonyl (C=O) groups excluding carboxylic acids is 2. The molecule has 1 saturated heterocycles. The van der Waals surface area contributed by atoms with Crippen LogP contribution >= 0.6 is 0 Å². The van der Waals surface area contributed by atoms with Crippen LogP contribution in [0.15, 0.2) is 0 Å². The van der Waals surface area contributed by atoms with E-state index in [1.807, 2.05) is 0 Å². The van der Waals surface area contributed by atoms with Crippen molar-refractivity contribution in [2.24, 2.45) is 5.92 Å². The van der Waals surface area contributed by atoms with Crippen LogP contribution in [0.25, 0.3) is 0 Å². The molecule has 0 aromatic carbocycles. The molecule has 0 saturated carbocycles. The lowest BCUT2D eigenvalue weighted by Crippen LogP contribution is -2.29. The molecule has 1 rings (SSSR count). The van der Waals surface area contributed by atoms with Crippen molar-refractivity contribution in [3.63, 3.8) is 0 Å². The van der Waals surface area contributed by atoms with Crippen molar-refractivity contribution in [3.8, 4) is 0 Å². The molecule has 0 aromatic rings. The minimum atomic E-state index is -0.316. The largest absolute Gasteiger partial charge is 0.466 e. The minimum Gasteiger partial charge on any atom is -0.466 e. The molecule has 0 N–H and O–H groups in total. The highest BCUT2D eigenvalue weighted by Crippen LogP contribution is 2.11. The second-order valence-electron chi connectivity index (χ2n) is 7.60. The van der Waals surface area contributed by atoms with Crippen LogP contribution in [0, 0.1) is 5.92 Å². The van der Waals surface area contributed by atoms with E-state index in [2.05, 4.69) is 20.8 Å². The second kappa shape index (κ2) is 19.8. The molecule has 1 atom stereocenters. The van der Waals surface area contributed by atoms with Gasteiger partial charge in [-0.3, -0.25) is 4.79 Å². The first-order chi connectivity index (χ1) is 13.1. The molecule has 5 heteroatoms. The monoisotopic (exact) mass is 386 g/mol. The molecular weight excluding hydrogens is 344 g/mol. The first-order valence-electron chi connectivity index (χ1n) is 10.9. The van der Waals surface area contributed by atoms with Gasteiger partial charge in [0.25, 0.3) is 0 Å². The van der Waals surface area contributed by atoms with Gasteiger partial charge in [-0.25, -0.2) is 0 Å². The summed E-state index contributed by atoms with van der Waals surface area (Å²) in [5.41, 5.74) is 0. The van der Waals surface area contributed by atoms with Crippen molar-refractivity contribution >= 4 is 12.3 Å². The van der Waals surface area contributed by atoms with Gasteiger partial charge in [0.2, 0.25) is 0 Å². The minimum absolute atomic E-state index is 0.0106. The SMILES string of the molecule is CCCCCCCCCCCC(=O)OCCC(C)C.O=CC1COCCO1. The smallest absolute Gasteiger partial charge is 0.305 e. The van der Waals surface area contributed by atoms with E-state index in [1.54, 1.807) is 0 Å². The molecule has 1 aliphatic heterocycles. The summed E-state index contributed by atoms with van der Waals surface area (Å²) in [6.45, 7) is 8.72. The first-order valence-corrected chi connectivity index (χ1v) is 10.9. The van der Waals surface area contributed by atoms with E-state index in [9.17, 15) is 9.59 Å². The van der Waals surface area contributed by atoms with Crippen molar-refractivity contribution in [2.45, 2.75) is 97.5 Å². The summed E-state index contributed by atoms with van der Waals surface area (Å²) in [6, 6.07) is 0. The number of carbonyl (C=O) groups is 2. The summed E-state index contributed by atoms with van der Waals surface area (Å²) < 4.78 is 15.0. The molecule has 1 unspecified atom stereocenters. The first kappa shape index (κ1) is 26.1. The third kappa shape index (κ3) is 19.6. The van der Waals surface area contributed by atoms with Gasteiger partial charge < -0.3 is 19.0 Å². The molecule has 1 fully saturated rings. The van der Waals surface area contributed by atoms with E-state index in [0.29, 0.717) is 38.8 Å². The van der Waals surface area contributed by atoms with Gasteiger partial charge in [-0.05, 0) is 18.8 Å². The van der Waals surface area contributed by atoms with Gasteiger partial charge in [0.15, 0.2) is 6.29 Å². The fraction of sp³-hybridized carbons (Fsp3) is 0.909. The highest BCUT2D eigenvalue weighted by atomic mass is 16.6. The highest BCUT2D eigenvalue weighted by Gasteiger charge is 2.11. The Morgan fingerprint density at radius 3 is 2.15 bits per heavy atom. The number of rotatable bonds is 14. The van der Waals surface area contributed by atoms with E-state index in [0.717, 1.165) is 19.1 Å². The summed E-state index contributed by atoms with van der Waals surface area (Å²) in [7, 11) is 0. The number of hydrogen-bond donors (Lipinski definition) is 0. The molecule has 160 valence electrons. The number of aldehydes is 1. The molecule has 0 spiro atoms. The summed E-state index contributed by atoms with van der Waals surface area (Å²) in [4.78, 5) is 21.4. The van der Waals surface area contributed by atoms with E-state index in [-0.39, 0.29) is 12.1 Å². The lowest BCUT2D eigenvalue weighted by atomic mass is 10.1. The van der Waals surface area contributed by atoms with Crippen molar-refractivity contribution in [2.75, 3.05) is 26.4 Å². The Kier molecular flexibility index (Phi) is 19.1. The van der Waals surface area contributed by atoms with E-state index < -0.39 is 0 Å². The molecule has 27 heavy (non-hydrogen) atoms. The molecule has 1 heterocycles. The zero-order valence-corrected chi connectivity index (χ0v) is 17.9. The van der Waals surface area contributed by atoms with Crippen LogP contribution in [-0.2, 0) is 23.8 Å². The molecular formula is C22H42O5. The van der Waals surface area contributed by atoms with E-state index in [4.69, 9.17) is 14.2 Å². The molecule has 0 amide bonds. The van der Waals surface area contributed by atoms with E-state index in [1.165, 1.54) is 51.4 Å². The van der Waals surface area contributed by atoms with Gasteiger partial charge >= 0.3 is 5.97 Å². The predicted octanol–water partition coefficient (Wildman–Crippen LogP) is 5.10. The third-order valence-corrected chi connectivity index (χ3v) is 4.44. The number of hydrogen-bond acceptors (Lipinski definition) is 5. The van der Waals surface area contributed by atoms with Crippen molar-refractivity contribution in [1.82, 2.24) is 0 Å². The van der Waals surface area contributed by atoms with Gasteiger partial charge in [0.1, 0.15) is 6.10 Å². The van der Waals surface area contributed by atoms with Gasteiger partial charge in [0.05, 0.1) is 26.4 Å². The Balaban J connectivity index is 0.000000694. The maximum atomic E-state index is 11.4. The average molecular weight is 387 g/mol. The van der Waals surface area contributed by atoms with Crippen LogP contribution in [0.2, 0.25) is 0 Å². The third-order valence-electron chi connectivity index (χ3n) is 4.44. The Hall–Kier alpha value is -0.940. The molecule has 5 nitrogen and oxygen atoms in total. The number of esters is 1. The highest BCUT2D eigenvalue weighted by molar-refractivity contribution is 5.69. The van der Waals surface area contributed by atoms with Crippen LogP contribution in [0.3, 0.4) is 0 Å². The summed E-state index contributed by atoms with van der Waals surface area (Å²) >= 11 is 0. The molecule has 0 aliphatic carbocycles. The van der Waals surface area contributed by atoms with Gasteiger partial charge in [-0.1, -0.05) is 72.1 Å². The van der Waals surface area contributed by atoms with Crippen molar-refractivity contribution in [3.05, 3.63) is 0 Å². The standard InChI is InChI=1S/C17H34O2.C5H8O3/c1-4-5-6-7-8-9-10-11-12-13-17(18)19-15-14-16(2)3;6-3-5-4-7-1-2-8-5/h16H,4-15H2,1-3H3;3,5H,1-2,4H2. The fourth-order valence-electron chi connectivity index (χ4n) is 2.65. The number of ether oxygens (including phenoxy) is 3. The Morgan fingerprint density at radius 1 is 1.04 bits per heavy atom. The van der Waals surface area contributed by atoms with Crippen LogP contribution < -0.4 is 0 Å². The predicted molar refractivity (Wildman–Crippen MR) is 109 cm³/mol. The topological polar surface area (TPSA) is 61.8 Å². The van der Waals surface area contributed by atoms with Gasteiger partial charge in [-0.2, -0.15) is 0 Å². The van der Waals surface area contributed by atoms with Crippen LogP contribution in [0.5, 0.6) is 0 Å². The lowest BCUT2D eigenvalue weighted by Gasteiger charge is -2.17. The van der Waals surface area contributed by atoms with Crippen LogP contribution in [0.1, 0.15) is 91.4 Å². The summed E-state index contributed by atoms with van der Waals surface area (Å²) in [5, 5.41) is 0. The van der Waals surface area contributed by atoms with Crippen molar-refractivity contribution in [1.29, 1.82) is 0 Å². The molecule has 0 aromatic heterocycles. The zero-order chi connectivity index (χ0) is 20.2. The summed E-state index contributed by atoms with van der Waals surface area (Å²) in [6.07, 6.45) is 13.6. The Morgan fingerprint density at radius 2 is 1.67 bits per heavy atom. The van der Waals surface area contributed by atoms with Crippen molar-refractivity contribution < 1.29 is 23.8 Å². The van der Waals surface area contributed by atoms with Gasteiger partial charge in [0, 0.05) is 6.42 Å². The normalized spacial score (nSPS) is 16.5. The fourth-order valence-corrected chi connectivity index (χ4v) is 2.65. The Labute approximate surface area is 166 Å². The second-order valence-corrected chi connectivity index (χ2v) is 7.60. The van der Waals surface area contributed by atoms with Crippen LogP contribution in [0.4, 0.5) is 0 Å². The molecule has 0 radical (unpaired) electrons. The molecule has 1 aliphatic rings. The van der Waals surface area contributed by atoms with E-state index >= 15 is 0 Å². The molecule has 0 bridgehead atoms. The van der Waals surface area contributed by atoms with Gasteiger partial charge in [-0.15, -0.1) is 0 Å². The Bertz CT molecular complexity index is 338. The van der Waals surface area contributed by atoms with Crippen LogP contribution in [-0.4, -0.2) is 44.8 Å². The average Bonchev–Trinajstić information content (AvgIpc) is 2.67. The quantitative estimate of drug-likeness (QED) is 0.236. The zero-order valence-electron chi connectivity index (χ0n) is 17.9. The maximum Gasteiger partial charge on any atom is 0.305 e.